The summed E-state index contributed by atoms with van der Waals surface area (Å²) in [5.74, 6) is -0.158. The Balaban J connectivity index is 1.64. The molecule has 0 saturated heterocycles. The minimum Gasteiger partial charge on any atom is -0.492 e. The van der Waals surface area contributed by atoms with E-state index in [4.69, 9.17) is 4.74 Å². The third-order valence-electron chi connectivity index (χ3n) is 5.72. The smallest absolute Gasteiger partial charge is 0.416 e. The number of anilines is 1. The Labute approximate surface area is 211 Å². The molecule has 37 heavy (non-hydrogen) atoms. The molecule has 1 aromatic heterocycles. The molecule has 192 valence electrons. The van der Waals surface area contributed by atoms with E-state index in [-0.39, 0.29) is 11.1 Å². The Morgan fingerprint density at radius 2 is 1.86 bits per heavy atom. The van der Waals surface area contributed by atoms with Gasteiger partial charge >= 0.3 is 6.18 Å². The molecule has 0 saturated carbocycles. The SMILES string of the molecule is Cc1ccc(NC(=O)c2cccc(C(F)(F)F)c2)cc1-n1cnc2ccc(OCCN(C)C)cc2c1=O. The molecule has 3 aromatic carbocycles. The van der Waals surface area contributed by atoms with Crippen molar-refractivity contribution in [1.82, 2.24) is 14.5 Å². The number of carbonyl (C=O) groups excluding carboxylic acids is 1. The first-order chi connectivity index (χ1) is 17.5. The summed E-state index contributed by atoms with van der Waals surface area (Å²) in [5, 5.41) is 2.97. The number of alkyl halides is 3. The van der Waals surface area contributed by atoms with Crippen molar-refractivity contribution in [2.75, 3.05) is 32.6 Å². The van der Waals surface area contributed by atoms with Crippen LogP contribution in [0.3, 0.4) is 0 Å². The maximum Gasteiger partial charge on any atom is 0.416 e. The molecule has 7 nitrogen and oxygen atoms in total. The van der Waals surface area contributed by atoms with Gasteiger partial charge in [-0.2, -0.15) is 13.2 Å². The van der Waals surface area contributed by atoms with Crippen LogP contribution in [0.2, 0.25) is 0 Å². The largest absolute Gasteiger partial charge is 0.492 e. The Morgan fingerprint density at radius 3 is 2.59 bits per heavy atom. The van der Waals surface area contributed by atoms with Crippen LogP contribution in [0.15, 0.2) is 71.8 Å². The molecule has 0 atom stereocenters. The number of rotatable bonds is 7. The summed E-state index contributed by atoms with van der Waals surface area (Å²) in [6.45, 7) is 2.97. The van der Waals surface area contributed by atoms with Gasteiger partial charge in [0.2, 0.25) is 0 Å². The molecule has 4 rings (SSSR count). The predicted octanol–water partition coefficient (Wildman–Crippen LogP) is 4.91. The van der Waals surface area contributed by atoms with Crippen molar-refractivity contribution in [1.29, 1.82) is 0 Å². The van der Waals surface area contributed by atoms with Gasteiger partial charge in [0, 0.05) is 17.8 Å². The average molecular weight is 511 g/mol. The molecule has 1 amide bonds. The molecule has 0 bridgehead atoms. The van der Waals surface area contributed by atoms with Crippen LogP contribution < -0.4 is 15.6 Å². The Kier molecular flexibility index (Phi) is 7.30. The number of fused-ring (bicyclic) bond motifs is 1. The molecule has 0 aliphatic heterocycles. The summed E-state index contributed by atoms with van der Waals surface area (Å²) in [6, 6.07) is 14.2. The van der Waals surface area contributed by atoms with Crippen molar-refractivity contribution in [3.8, 4) is 11.4 Å². The zero-order chi connectivity index (χ0) is 26.7. The maximum atomic E-state index is 13.4. The molecular formula is C27H25F3N4O3. The number of hydrogen-bond donors (Lipinski definition) is 1. The lowest BCUT2D eigenvalue weighted by Crippen LogP contribution is -2.21. The maximum absolute atomic E-state index is 13.4. The molecule has 0 radical (unpaired) electrons. The molecule has 0 spiro atoms. The Morgan fingerprint density at radius 1 is 1.08 bits per heavy atom. The first-order valence-corrected chi connectivity index (χ1v) is 11.4. The second-order valence-corrected chi connectivity index (χ2v) is 8.78. The predicted molar refractivity (Wildman–Crippen MR) is 136 cm³/mol. The monoisotopic (exact) mass is 510 g/mol. The number of nitrogens with one attached hydrogen (secondary N) is 1. The molecule has 0 fully saturated rings. The zero-order valence-electron chi connectivity index (χ0n) is 20.5. The van der Waals surface area contributed by atoms with Crippen LogP contribution in [-0.4, -0.2) is 47.6 Å². The van der Waals surface area contributed by atoms with E-state index in [1.807, 2.05) is 19.0 Å². The number of likely N-dealkylation sites (N-methyl/N-ethyl adjacent to an activating group) is 1. The van der Waals surface area contributed by atoms with E-state index in [0.29, 0.717) is 41.2 Å². The summed E-state index contributed by atoms with van der Waals surface area (Å²) in [4.78, 5) is 32.4. The highest BCUT2D eigenvalue weighted by Gasteiger charge is 2.30. The van der Waals surface area contributed by atoms with E-state index in [2.05, 4.69) is 10.3 Å². The van der Waals surface area contributed by atoms with Gasteiger partial charge in [0.05, 0.1) is 22.2 Å². The van der Waals surface area contributed by atoms with Crippen molar-refractivity contribution in [2.45, 2.75) is 13.1 Å². The van der Waals surface area contributed by atoms with Crippen LogP contribution in [0.5, 0.6) is 5.75 Å². The fourth-order valence-electron chi connectivity index (χ4n) is 3.70. The van der Waals surface area contributed by atoms with E-state index in [0.717, 1.165) is 17.7 Å². The number of aromatic nitrogens is 2. The Bertz CT molecular complexity index is 1510. The summed E-state index contributed by atoms with van der Waals surface area (Å²) >= 11 is 0. The number of ether oxygens (including phenoxy) is 1. The summed E-state index contributed by atoms with van der Waals surface area (Å²) in [5.41, 5.74) is 0.655. The molecule has 4 aromatic rings. The molecule has 1 N–H and O–H groups in total. The molecule has 0 aliphatic carbocycles. The van der Waals surface area contributed by atoms with Gasteiger partial charge in [0.1, 0.15) is 18.7 Å². The van der Waals surface area contributed by atoms with Gasteiger partial charge in [-0.25, -0.2) is 4.98 Å². The highest BCUT2D eigenvalue weighted by Crippen LogP contribution is 2.30. The fourth-order valence-corrected chi connectivity index (χ4v) is 3.70. The number of nitrogens with zero attached hydrogens (tertiary/aromatic N) is 3. The van der Waals surface area contributed by atoms with Gasteiger partial charge in [0.25, 0.3) is 11.5 Å². The van der Waals surface area contributed by atoms with Crippen molar-refractivity contribution in [3.05, 3.63) is 94.0 Å². The van der Waals surface area contributed by atoms with Crippen LogP contribution in [0.25, 0.3) is 16.6 Å². The lowest BCUT2D eigenvalue weighted by molar-refractivity contribution is -0.137. The van der Waals surface area contributed by atoms with Gasteiger partial charge in [0.15, 0.2) is 0 Å². The van der Waals surface area contributed by atoms with Crippen LogP contribution >= 0.6 is 0 Å². The number of carbonyl (C=O) groups is 1. The van der Waals surface area contributed by atoms with Crippen LogP contribution in [0.1, 0.15) is 21.5 Å². The number of benzene rings is 3. The van der Waals surface area contributed by atoms with Crippen molar-refractivity contribution in [3.63, 3.8) is 0 Å². The highest BCUT2D eigenvalue weighted by atomic mass is 19.4. The van der Waals surface area contributed by atoms with Crippen molar-refractivity contribution >= 4 is 22.5 Å². The van der Waals surface area contributed by atoms with Crippen LogP contribution in [0, 0.1) is 6.92 Å². The highest BCUT2D eigenvalue weighted by molar-refractivity contribution is 6.04. The van der Waals surface area contributed by atoms with E-state index >= 15 is 0 Å². The van der Waals surface area contributed by atoms with Crippen LogP contribution in [0.4, 0.5) is 18.9 Å². The molecule has 0 aliphatic rings. The minimum absolute atomic E-state index is 0.136. The molecule has 1 heterocycles. The minimum atomic E-state index is -4.56. The van der Waals surface area contributed by atoms with Crippen molar-refractivity contribution in [2.24, 2.45) is 0 Å². The van der Waals surface area contributed by atoms with Crippen LogP contribution in [-0.2, 0) is 6.18 Å². The molecular weight excluding hydrogens is 485 g/mol. The normalized spacial score (nSPS) is 11.6. The summed E-state index contributed by atoms with van der Waals surface area (Å²) in [7, 11) is 3.87. The third-order valence-corrected chi connectivity index (χ3v) is 5.72. The summed E-state index contributed by atoms with van der Waals surface area (Å²) < 4.78 is 46.2. The molecule has 0 unspecified atom stereocenters. The number of aryl methyl sites for hydroxylation is 1. The van der Waals surface area contributed by atoms with Crippen molar-refractivity contribution < 1.29 is 22.7 Å². The number of amides is 1. The lowest BCUT2D eigenvalue weighted by atomic mass is 10.1. The van der Waals surface area contributed by atoms with Gasteiger partial charge in [-0.1, -0.05) is 12.1 Å². The lowest BCUT2D eigenvalue weighted by Gasteiger charge is -2.14. The first kappa shape index (κ1) is 25.9. The fraction of sp³-hybridized carbons (Fsp3) is 0.222. The topological polar surface area (TPSA) is 76.5 Å². The average Bonchev–Trinajstić information content (AvgIpc) is 2.85. The van der Waals surface area contributed by atoms with Gasteiger partial charge in [-0.3, -0.25) is 14.2 Å². The van der Waals surface area contributed by atoms with E-state index in [9.17, 15) is 22.8 Å². The van der Waals surface area contributed by atoms with E-state index in [1.54, 1.807) is 43.3 Å². The van der Waals surface area contributed by atoms with Gasteiger partial charge in [-0.15, -0.1) is 0 Å². The van der Waals surface area contributed by atoms with Gasteiger partial charge < -0.3 is 15.0 Å². The first-order valence-electron chi connectivity index (χ1n) is 11.4. The van der Waals surface area contributed by atoms with E-state index in [1.165, 1.54) is 23.0 Å². The number of hydrogen-bond acceptors (Lipinski definition) is 5. The second kappa shape index (κ2) is 10.4. The molecule has 10 heteroatoms. The third kappa shape index (κ3) is 5.97. The quantitative estimate of drug-likeness (QED) is 0.383. The standard InChI is InChI=1S/C27H25F3N4O3/c1-17-7-8-20(32-25(35)18-5-4-6-19(13-18)27(28,29)30)14-24(17)34-16-31-23-10-9-21(15-22(23)26(34)36)37-12-11-33(2)3/h4-10,13-16H,11-12H2,1-3H3,(H,32,35). The number of halogens is 3. The Hall–Kier alpha value is -4.18. The second-order valence-electron chi connectivity index (χ2n) is 8.78. The summed E-state index contributed by atoms with van der Waals surface area (Å²) in [6.07, 6.45) is -3.16. The van der Waals surface area contributed by atoms with E-state index < -0.39 is 17.6 Å². The zero-order valence-corrected chi connectivity index (χ0v) is 20.5. The van der Waals surface area contributed by atoms with Gasteiger partial charge in [-0.05, 0) is 75.1 Å².